The van der Waals surface area contributed by atoms with Gasteiger partial charge in [-0.1, -0.05) is 42.8 Å². The Kier molecular flexibility index (Phi) is 5.61. The second-order valence-corrected chi connectivity index (χ2v) is 9.64. The van der Waals surface area contributed by atoms with Gasteiger partial charge in [0.15, 0.2) is 0 Å². The topological polar surface area (TPSA) is 60.9 Å². The normalized spacial score (nSPS) is 20.8. The minimum atomic E-state index is -3.70. The number of benzene rings is 2. The zero-order valence-electron chi connectivity index (χ0n) is 16.7. The van der Waals surface area contributed by atoms with Crippen molar-refractivity contribution in [2.75, 3.05) is 31.6 Å². The van der Waals surface area contributed by atoms with Crippen LogP contribution in [0.5, 0.6) is 0 Å². The van der Waals surface area contributed by atoms with Gasteiger partial charge >= 0.3 is 0 Å². The van der Waals surface area contributed by atoms with Crippen molar-refractivity contribution in [3.05, 3.63) is 60.2 Å². The van der Waals surface area contributed by atoms with Crippen LogP contribution in [-0.4, -0.2) is 56.3 Å². The lowest BCUT2D eigenvalue weighted by atomic mass is 10.0. The highest BCUT2D eigenvalue weighted by Crippen LogP contribution is 2.29. The first-order chi connectivity index (χ1) is 14.0. The van der Waals surface area contributed by atoms with Crippen LogP contribution in [0.25, 0.3) is 0 Å². The Morgan fingerprint density at radius 1 is 0.931 bits per heavy atom. The maximum absolute atomic E-state index is 13.5. The van der Waals surface area contributed by atoms with E-state index in [-0.39, 0.29) is 10.8 Å². The lowest BCUT2D eigenvalue weighted by Crippen LogP contribution is -2.53. The number of fused-ring (bicyclic) bond motifs is 1. The Balaban J connectivity index is 1.61. The zero-order valence-corrected chi connectivity index (χ0v) is 17.5. The molecule has 0 saturated carbocycles. The van der Waals surface area contributed by atoms with Gasteiger partial charge in [-0.15, -0.1) is 0 Å². The first kappa shape index (κ1) is 19.9. The second-order valence-electron chi connectivity index (χ2n) is 7.75. The van der Waals surface area contributed by atoms with Crippen molar-refractivity contribution in [2.24, 2.45) is 0 Å². The maximum Gasteiger partial charge on any atom is 0.243 e. The van der Waals surface area contributed by atoms with Crippen LogP contribution >= 0.6 is 0 Å². The van der Waals surface area contributed by atoms with Crippen LogP contribution in [0.3, 0.4) is 0 Å². The van der Waals surface area contributed by atoms with Crippen molar-refractivity contribution in [1.82, 2.24) is 9.21 Å². The highest BCUT2D eigenvalue weighted by atomic mass is 32.2. The lowest BCUT2D eigenvalue weighted by Gasteiger charge is -2.36. The summed E-state index contributed by atoms with van der Waals surface area (Å²) >= 11 is 0. The van der Waals surface area contributed by atoms with Crippen LogP contribution in [0.2, 0.25) is 0 Å². The molecular formula is C22H27N3O3S. The molecule has 0 aromatic heterocycles. The van der Waals surface area contributed by atoms with Gasteiger partial charge in [-0.3, -0.25) is 4.79 Å². The first-order valence-corrected chi connectivity index (χ1v) is 11.6. The number of likely N-dealkylation sites (N-methyl/N-ethyl adjacent to an activating group) is 1. The van der Waals surface area contributed by atoms with Gasteiger partial charge in [0, 0.05) is 38.9 Å². The van der Waals surface area contributed by atoms with Gasteiger partial charge in [0.1, 0.15) is 6.04 Å². The molecule has 2 aromatic carbocycles. The molecule has 2 aliphatic rings. The van der Waals surface area contributed by atoms with E-state index in [0.29, 0.717) is 26.1 Å². The average molecular weight is 414 g/mol. The van der Waals surface area contributed by atoms with Gasteiger partial charge in [-0.2, -0.15) is 4.31 Å². The third-order valence-corrected chi connectivity index (χ3v) is 7.79. The minimum absolute atomic E-state index is 0.0886. The Hall–Kier alpha value is -2.38. The van der Waals surface area contributed by atoms with Gasteiger partial charge in [-0.05, 0) is 36.6 Å². The molecule has 1 unspecified atom stereocenters. The Morgan fingerprint density at radius 2 is 1.66 bits per heavy atom. The van der Waals surface area contributed by atoms with Crippen molar-refractivity contribution in [3.63, 3.8) is 0 Å². The molecule has 154 valence electrons. The average Bonchev–Trinajstić information content (AvgIpc) is 2.93. The number of sulfonamides is 1. The zero-order chi connectivity index (χ0) is 20.4. The third-order valence-electron chi connectivity index (χ3n) is 5.87. The largest absolute Gasteiger partial charge is 0.373 e. The molecule has 1 saturated heterocycles. The van der Waals surface area contributed by atoms with Gasteiger partial charge in [0.25, 0.3) is 0 Å². The summed E-state index contributed by atoms with van der Waals surface area (Å²) < 4.78 is 27.9. The summed E-state index contributed by atoms with van der Waals surface area (Å²) in [6.45, 7) is 2.20. The lowest BCUT2D eigenvalue weighted by molar-refractivity contribution is -0.136. The van der Waals surface area contributed by atoms with E-state index in [0.717, 1.165) is 30.6 Å². The SMILES string of the molecule is CN1CCN(C(=O)C2CCCCN2S(=O)(=O)c2ccccc2)Cc2ccccc21. The number of hydrogen-bond donors (Lipinski definition) is 0. The molecular weight excluding hydrogens is 386 g/mol. The number of piperidine rings is 1. The van der Waals surface area contributed by atoms with Gasteiger partial charge in [0.05, 0.1) is 4.90 Å². The summed E-state index contributed by atoms with van der Waals surface area (Å²) in [4.78, 5) is 17.7. The highest BCUT2D eigenvalue weighted by molar-refractivity contribution is 7.89. The molecule has 1 atom stereocenters. The van der Waals surface area contributed by atoms with Crippen LogP contribution in [0, 0.1) is 0 Å². The number of nitrogens with zero attached hydrogens (tertiary/aromatic N) is 3. The molecule has 0 radical (unpaired) electrons. The Labute approximate surface area is 172 Å². The van der Waals surface area contributed by atoms with E-state index in [9.17, 15) is 13.2 Å². The second kappa shape index (κ2) is 8.16. The molecule has 0 N–H and O–H groups in total. The number of carbonyl (C=O) groups excluding carboxylic acids is 1. The highest BCUT2D eigenvalue weighted by Gasteiger charge is 2.39. The van der Waals surface area contributed by atoms with E-state index in [1.807, 2.05) is 30.1 Å². The number of hydrogen-bond acceptors (Lipinski definition) is 4. The fraction of sp³-hybridized carbons (Fsp3) is 0.409. The number of para-hydroxylation sites is 1. The van der Waals surface area contributed by atoms with Crippen LogP contribution in [-0.2, 0) is 21.4 Å². The van der Waals surface area contributed by atoms with Crippen molar-refractivity contribution >= 4 is 21.6 Å². The van der Waals surface area contributed by atoms with E-state index >= 15 is 0 Å². The molecule has 1 fully saturated rings. The van der Waals surface area contributed by atoms with E-state index in [1.54, 1.807) is 30.3 Å². The summed E-state index contributed by atoms with van der Waals surface area (Å²) in [7, 11) is -1.67. The molecule has 4 rings (SSSR count). The van der Waals surface area contributed by atoms with E-state index in [4.69, 9.17) is 0 Å². The molecule has 2 aromatic rings. The van der Waals surface area contributed by atoms with Crippen molar-refractivity contribution in [1.29, 1.82) is 0 Å². The van der Waals surface area contributed by atoms with Crippen molar-refractivity contribution < 1.29 is 13.2 Å². The fourth-order valence-electron chi connectivity index (χ4n) is 4.26. The minimum Gasteiger partial charge on any atom is -0.373 e. The van der Waals surface area contributed by atoms with Crippen LogP contribution < -0.4 is 4.90 Å². The standard InChI is InChI=1S/C22H27N3O3S/c1-23-15-16-24(17-18-9-5-6-12-20(18)23)22(26)21-13-7-8-14-25(21)29(27,28)19-10-3-2-4-11-19/h2-6,9-12,21H,7-8,13-17H2,1H3. The van der Waals surface area contributed by atoms with Crippen molar-refractivity contribution in [2.45, 2.75) is 36.7 Å². The van der Waals surface area contributed by atoms with Crippen molar-refractivity contribution in [3.8, 4) is 0 Å². The first-order valence-electron chi connectivity index (χ1n) is 10.1. The molecule has 2 heterocycles. The number of rotatable bonds is 3. The van der Waals surface area contributed by atoms with E-state index in [1.165, 1.54) is 4.31 Å². The number of anilines is 1. The predicted octanol–water partition coefficient (Wildman–Crippen LogP) is 2.71. The number of carbonyl (C=O) groups is 1. The number of amides is 1. The van der Waals surface area contributed by atoms with Gasteiger partial charge < -0.3 is 9.80 Å². The molecule has 1 amide bonds. The van der Waals surface area contributed by atoms with Gasteiger partial charge in [-0.25, -0.2) is 8.42 Å². The summed E-state index contributed by atoms with van der Waals surface area (Å²) in [5.74, 6) is -0.0886. The Morgan fingerprint density at radius 3 is 2.45 bits per heavy atom. The Bertz CT molecular complexity index is 978. The van der Waals surface area contributed by atoms with E-state index < -0.39 is 16.1 Å². The molecule has 6 nitrogen and oxygen atoms in total. The van der Waals surface area contributed by atoms with Crippen LogP contribution in [0.15, 0.2) is 59.5 Å². The summed E-state index contributed by atoms with van der Waals surface area (Å²) in [5, 5.41) is 0. The fourth-order valence-corrected chi connectivity index (χ4v) is 5.93. The van der Waals surface area contributed by atoms with Crippen LogP contribution in [0.1, 0.15) is 24.8 Å². The van der Waals surface area contributed by atoms with E-state index in [2.05, 4.69) is 11.0 Å². The molecule has 7 heteroatoms. The summed E-state index contributed by atoms with van der Waals surface area (Å²) in [6, 6.07) is 15.9. The monoisotopic (exact) mass is 413 g/mol. The quantitative estimate of drug-likeness (QED) is 0.776. The van der Waals surface area contributed by atoms with Crippen LogP contribution in [0.4, 0.5) is 5.69 Å². The summed E-state index contributed by atoms with van der Waals surface area (Å²) in [5.41, 5.74) is 2.22. The van der Waals surface area contributed by atoms with Gasteiger partial charge in [0.2, 0.25) is 15.9 Å². The third kappa shape index (κ3) is 3.89. The molecule has 2 aliphatic heterocycles. The predicted molar refractivity (Wildman–Crippen MR) is 113 cm³/mol. The molecule has 0 spiro atoms. The molecule has 0 aliphatic carbocycles. The molecule has 0 bridgehead atoms. The smallest absolute Gasteiger partial charge is 0.243 e. The maximum atomic E-state index is 13.5. The summed E-state index contributed by atoms with van der Waals surface area (Å²) in [6.07, 6.45) is 2.21. The molecule has 29 heavy (non-hydrogen) atoms.